The maximum absolute atomic E-state index is 8.84. The second-order valence-electron chi connectivity index (χ2n) is 4.05. The fraction of sp³-hybridized carbons (Fsp3) is 0.500. The summed E-state index contributed by atoms with van der Waals surface area (Å²) in [7, 11) is 1.63. The highest BCUT2D eigenvalue weighted by Gasteiger charge is 2.08. The van der Waals surface area contributed by atoms with Gasteiger partial charge in [-0.2, -0.15) is 5.26 Å². The molecule has 0 aliphatic carbocycles. The van der Waals surface area contributed by atoms with Crippen LogP contribution in [0.15, 0.2) is 12.1 Å². The second-order valence-corrected chi connectivity index (χ2v) is 5.22. The van der Waals surface area contributed by atoms with Crippen LogP contribution in [0.1, 0.15) is 5.56 Å². The van der Waals surface area contributed by atoms with Crippen molar-refractivity contribution in [3.63, 3.8) is 0 Å². The van der Waals surface area contributed by atoms with Crippen LogP contribution in [0.5, 0.6) is 5.75 Å². The summed E-state index contributed by atoms with van der Waals surface area (Å²) in [6.07, 6.45) is 0. The number of anilines is 1. The molecule has 0 amide bonds. The van der Waals surface area contributed by atoms with Crippen molar-refractivity contribution < 1.29 is 18.9 Å². The third kappa shape index (κ3) is 6.95. The monoisotopic (exact) mass is 406 g/mol. The first-order chi connectivity index (χ1) is 10.2. The molecule has 6 nitrogen and oxygen atoms in total. The molecular formula is C14H19IN2O4. The number of nitrogens with zero attached hydrogens (tertiary/aromatic N) is 1. The number of rotatable bonds is 10. The lowest BCUT2D eigenvalue weighted by molar-refractivity contribution is 0.0179. The summed E-state index contributed by atoms with van der Waals surface area (Å²) < 4.78 is 21.9. The highest BCUT2D eigenvalue weighted by molar-refractivity contribution is 14.1. The first-order valence-electron chi connectivity index (χ1n) is 6.45. The van der Waals surface area contributed by atoms with Gasteiger partial charge in [0.1, 0.15) is 6.61 Å². The normalized spacial score (nSPS) is 10.3. The van der Waals surface area contributed by atoms with Gasteiger partial charge in [-0.05, 0) is 34.7 Å². The summed E-state index contributed by atoms with van der Waals surface area (Å²) in [6.45, 7) is 3.02. The predicted molar refractivity (Wildman–Crippen MR) is 87.3 cm³/mol. The summed E-state index contributed by atoms with van der Waals surface area (Å²) in [5.74, 6) is 0.592. The fourth-order valence-corrected chi connectivity index (χ4v) is 2.30. The summed E-state index contributed by atoms with van der Waals surface area (Å²) in [5, 5.41) is 8.84. The summed E-state index contributed by atoms with van der Waals surface area (Å²) in [4.78, 5) is 0. The van der Waals surface area contributed by atoms with Crippen molar-refractivity contribution in [1.29, 1.82) is 5.26 Å². The third-order valence-corrected chi connectivity index (χ3v) is 3.28. The zero-order valence-corrected chi connectivity index (χ0v) is 14.1. The smallest absolute Gasteiger partial charge is 0.155 e. The Hall–Kier alpha value is -1.08. The topological polar surface area (TPSA) is 86.7 Å². The molecule has 21 heavy (non-hydrogen) atoms. The van der Waals surface area contributed by atoms with Gasteiger partial charge in [0.15, 0.2) is 5.75 Å². The number of benzene rings is 1. The zero-order chi connectivity index (χ0) is 15.5. The van der Waals surface area contributed by atoms with E-state index in [4.69, 9.17) is 29.9 Å². The number of hydrogen-bond acceptors (Lipinski definition) is 6. The maximum Gasteiger partial charge on any atom is 0.155 e. The number of halogens is 1. The van der Waals surface area contributed by atoms with Crippen LogP contribution in [-0.4, -0.2) is 46.8 Å². The predicted octanol–water partition coefficient (Wildman–Crippen LogP) is 1.80. The molecule has 0 fully saturated rings. The Kier molecular flexibility index (Phi) is 9.09. The van der Waals surface area contributed by atoms with Crippen LogP contribution in [-0.2, 0) is 14.2 Å². The second kappa shape index (κ2) is 10.6. The van der Waals surface area contributed by atoms with Crippen molar-refractivity contribution >= 4 is 28.3 Å². The molecule has 1 aromatic rings. The van der Waals surface area contributed by atoms with Gasteiger partial charge in [0.2, 0.25) is 0 Å². The molecule has 2 N–H and O–H groups in total. The van der Waals surface area contributed by atoms with Crippen LogP contribution in [0, 0.1) is 14.9 Å². The highest BCUT2D eigenvalue weighted by Crippen LogP contribution is 2.29. The first-order valence-corrected chi connectivity index (χ1v) is 7.53. The molecule has 116 valence electrons. The first kappa shape index (κ1) is 18.0. The minimum Gasteiger partial charge on any atom is -0.488 e. The van der Waals surface area contributed by atoms with E-state index in [1.54, 1.807) is 19.2 Å². The molecule has 0 atom stereocenters. The van der Waals surface area contributed by atoms with Gasteiger partial charge in [-0.25, -0.2) is 0 Å². The molecule has 0 heterocycles. The average Bonchev–Trinajstić information content (AvgIpc) is 2.47. The van der Waals surface area contributed by atoms with Crippen LogP contribution in [0.3, 0.4) is 0 Å². The van der Waals surface area contributed by atoms with E-state index >= 15 is 0 Å². The minimum atomic E-state index is 0.393. The third-order valence-electron chi connectivity index (χ3n) is 2.48. The molecule has 0 saturated heterocycles. The Bertz CT molecular complexity index is 454. The van der Waals surface area contributed by atoms with E-state index < -0.39 is 0 Å². The lowest BCUT2D eigenvalue weighted by Gasteiger charge is -2.11. The zero-order valence-electron chi connectivity index (χ0n) is 11.9. The van der Waals surface area contributed by atoms with Crippen molar-refractivity contribution in [2.24, 2.45) is 0 Å². The van der Waals surface area contributed by atoms with Gasteiger partial charge < -0.3 is 24.7 Å². The number of ether oxygens (including phenoxy) is 4. The van der Waals surface area contributed by atoms with Crippen LogP contribution >= 0.6 is 22.6 Å². The van der Waals surface area contributed by atoms with Gasteiger partial charge in [-0.15, -0.1) is 0 Å². The Labute approximate surface area is 138 Å². The molecule has 0 unspecified atom stereocenters. The van der Waals surface area contributed by atoms with Crippen molar-refractivity contribution in [3.8, 4) is 11.8 Å². The molecule has 0 radical (unpaired) electrons. The number of hydrogen-bond donors (Lipinski definition) is 1. The van der Waals surface area contributed by atoms with Crippen molar-refractivity contribution in [3.05, 3.63) is 21.3 Å². The van der Waals surface area contributed by atoms with Crippen LogP contribution in [0.25, 0.3) is 0 Å². The molecule has 0 bridgehead atoms. The minimum absolute atomic E-state index is 0.393. The summed E-state index contributed by atoms with van der Waals surface area (Å²) in [6, 6.07) is 5.38. The number of nitrogens with two attached hydrogens (primary N) is 1. The molecule has 0 aliphatic rings. The summed E-state index contributed by atoms with van der Waals surface area (Å²) in [5.41, 5.74) is 6.83. The quantitative estimate of drug-likeness (QED) is 0.362. The Balaban J connectivity index is 2.20. The van der Waals surface area contributed by atoms with Gasteiger partial charge in [-0.1, -0.05) is 0 Å². The van der Waals surface area contributed by atoms with Gasteiger partial charge in [-0.3, -0.25) is 0 Å². The van der Waals surface area contributed by atoms with Crippen LogP contribution < -0.4 is 10.5 Å². The van der Waals surface area contributed by atoms with Crippen LogP contribution in [0.4, 0.5) is 5.69 Å². The van der Waals surface area contributed by atoms with E-state index in [0.717, 1.165) is 3.57 Å². The van der Waals surface area contributed by atoms with Gasteiger partial charge in [0.05, 0.1) is 53.9 Å². The van der Waals surface area contributed by atoms with Crippen LogP contribution in [0.2, 0.25) is 0 Å². The fourth-order valence-electron chi connectivity index (χ4n) is 1.50. The van der Waals surface area contributed by atoms with Crippen molar-refractivity contribution in [1.82, 2.24) is 0 Å². The Morgan fingerprint density at radius 1 is 1.10 bits per heavy atom. The largest absolute Gasteiger partial charge is 0.488 e. The Morgan fingerprint density at radius 2 is 1.71 bits per heavy atom. The van der Waals surface area contributed by atoms with E-state index in [1.165, 1.54) is 0 Å². The standard InChI is InChI=1S/C14H19IN2O4/c1-18-2-3-19-4-5-20-6-7-21-14-12(15)8-11(10-16)9-13(14)17/h8-9H,2-7,17H2,1H3. The van der Waals surface area contributed by atoms with E-state index in [0.29, 0.717) is 56.6 Å². The molecular weight excluding hydrogens is 387 g/mol. The Morgan fingerprint density at radius 3 is 2.29 bits per heavy atom. The lowest BCUT2D eigenvalue weighted by Crippen LogP contribution is -2.13. The van der Waals surface area contributed by atoms with Gasteiger partial charge in [0, 0.05) is 7.11 Å². The van der Waals surface area contributed by atoms with E-state index in [1.807, 2.05) is 0 Å². The van der Waals surface area contributed by atoms with Crippen molar-refractivity contribution in [2.75, 3.05) is 52.5 Å². The van der Waals surface area contributed by atoms with Crippen molar-refractivity contribution in [2.45, 2.75) is 0 Å². The SMILES string of the molecule is COCCOCCOCCOc1c(N)cc(C#N)cc1I. The van der Waals surface area contributed by atoms with E-state index in [2.05, 4.69) is 28.7 Å². The molecule has 0 saturated carbocycles. The molecule has 0 spiro atoms. The lowest BCUT2D eigenvalue weighted by atomic mass is 10.2. The molecule has 0 aliphatic heterocycles. The number of nitrogen functional groups attached to an aromatic ring is 1. The van der Waals surface area contributed by atoms with E-state index in [-0.39, 0.29) is 0 Å². The maximum atomic E-state index is 8.84. The summed E-state index contributed by atoms with van der Waals surface area (Å²) >= 11 is 2.09. The molecule has 1 rings (SSSR count). The number of nitriles is 1. The number of methoxy groups -OCH3 is 1. The van der Waals surface area contributed by atoms with E-state index in [9.17, 15) is 0 Å². The van der Waals surface area contributed by atoms with Gasteiger partial charge >= 0.3 is 0 Å². The average molecular weight is 406 g/mol. The molecule has 0 aromatic heterocycles. The molecule has 1 aromatic carbocycles. The molecule has 7 heteroatoms. The van der Waals surface area contributed by atoms with Gasteiger partial charge in [0.25, 0.3) is 0 Å². The highest BCUT2D eigenvalue weighted by atomic mass is 127.